The number of rotatable bonds is 4. The van der Waals surface area contributed by atoms with Gasteiger partial charge in [0.25, 0.3) is 0 Å². The van der Waals surface area contributed by atoms with Gasteiger partial charge in [0, 0.05) is 76.2 Å². The molecule has 230 valence electrons. The zero-order valence-electron chi connectivity index (χ0n) is 24.0. The topological polar surface area (TPSA) is 100 Å². The third-order valence-corrected chi connectivity index (χ3v) is 8.09. The van der Waals surface area contributed by atoms with E-state index in [2.05, 4.69) is 10.3 Å². The summed E-state index contributed by atoms with van der Waals surface area (Å²) >= 11 is 0. The number of aromatic nitrogens is 2. The van der Waals surface area contributed by atoms with Crippen LogP contribution in [0.1, 0.15) is 64.5 Å². The zero-order chi connectivity index (χ0) is 30.4. The van der Waals surface area contributed by atoms with Crippen LogP contribution in [0.4, 0.5) is 32.8 Å². The average Bonchev–Trinajstić information content (AvgIpc) is 3.28. The predicted molar refractivity (Wildman–Crippen MR) is 146 cm³/mol. The lowest BCUT2D eigenvalue weighted by molar-refractivity contribution is -0.136. The number of nitrogens with one attached hydrogen (secondary N) is 1. The second kappa shape index (κ2) is 11.0. The van der Waals surface area contributed by atoms with Gasteiger partial charge in [-0.05, 0) is 39.7 Å². The summed E-state index contributed by atoms with van der Waals surface area (Å²) in [7, 11) is 0. The molecule has 2 aromatic heterocycles. The number of likely N-dealkylation sites (tertiary alicyclic amines) is 2. The minimum Gasteiger partial charge on any atom is -0.444 e. The monoisotopic (exact) mass is 596 g/mol. The maximum absolute atomic E-state index is 15.7. The second-order valence-electron chi connectivity index (χ2n) is 12.4. The van der Waals surface area contributed by atoms with Crippen molar-refractivity contribution in [1.29, 1.82) is 0 Å². The van der Waals surface area contributed by atoms with Crippen LogP contribution in [0.25, 0.3) is 11.0 Å². The van der Waals surface area contributed by atoms with E-state index in [4.69, 9.17) is 4.74 Å². The highest BCUT2D eigenvalue weighted by Gasteiger charge is 2.40. The third-order valence-electron chi connectivity index (χ3n) is 8.09. The van der Waals surface area contributed by atoms with Crippen LogP contribution in [-0.4, -0.2) is 87.9 Å². The van der Waals surface area contributed by atoms with Crippen LogP contribution >= 0.6 is 0 Å². The Hall–Kier alpha value is -3.42. The van der Waals surface area contributed by atoms with Gasteiger partial charge in [-0.2, -0.15) is 13.2 Å². The van der Waals surface area contributed by atoms with E-state index < -0.39 is 41.0 Å². The number of piperidine rings is 2. The summed E-state index contributed by atoms with van der Waals surface area (Å²) in [6.07, 6.45) is -1.21. The molecule has 0 unspecified atom stereocenters. The molecule has 14 heteroatoms. The number of carbonyl (C=O) groups excluding carboxylic acids is 3. The highest BCUT2D eigenvalue weighted by molar-refractivity contribution is 6.06. The maximum atomic E-state index is 15.7. The number of urea groups is 1. The predicted octanol–water partition coefficient (Wildman–Crippen LogP) is 4.88. The minimum atomic E-state index is -4.64. The summed E-state index contributed by atoms with van der Waals surface area (Å²) in [5.74, 6) is -0.441. The van der Waals surface area contributed by atoms with E-state index in [1.807, 2.05) is 4.90 Å². The lowest BCUT2D eigenvalue weighted by Gasteiger charge is -2.41. The summed E-state index contributed by atoms with van der Waals surface area (Å²) < 4.78 is 64.8. The van der Waals surface area contributed by atoms with Crippen molar-refractivity contribution in [3.63, 3.8) is 0 Å². The fourth-order valence-electron chi connectivity index (χ4n) is 5.91. The maximum Gasteiger partial charge on any atom is 0.418 e. The quantitative estimate of drug-likeness (QED) is 0.506. The van der Waals surface area contributed by atoms with Gasteiger partial charge < -0.3 is 19.1 Å². The number of alkyl halides is 4. The van der Waals surface area contributed by atoms with Crippen LogP contribution in [-0.2, 0) is 15.7 Å². The molecule has 5 rings (SSSR count). The molecule has 5 heterocycles. The first-order valence-electron chi connectivity index (χ1n) is 14.2. The summed E-state index contributed by atoms with van der Waals surface area (Å²) in [5, 5.41) is 2.05. The molecule has 10 nitrogen and oxygen atoms in total. The number of amides is 4. The summed E-state index contributed by atoms with van der Waals surface area (Å²) in [5.41, 5.74) is -2.59. The molecular formula is C28H36F4N6O4. The van der Waals surface area contributed by atoms with Crippen LogP contribution in [0.5, 0.6) is 0 Å². The molecule has 3 saturated heterocycles. The Kier molecular flexibility index (Phi) is 7.88. The van der Waals surface area contributed by atoms with E-state index in [-0.39, 0.29) is 68.2 Å². The summed E-state index contributed by atoms with van der Waals surface area (Å²) in [6, 6.07) is 0.329. The van der Waals surface area contributed by atoms with Crippen molar-refractivity contribution in [1.82, 2.24) is 24.7 Å². The van der Waals surface area contributed by atoms with Gasteiger partial charge in [0.1, 0.15) is 16.9 Å². The number of anilines is 1. The normalized spacial score (nSPS) is 21.1. The number of imide groups is 1. The van der Waals surface area contributed by atoms with E-state index in [1.165, 1.54) is 22.1 Å². The molecule has 1 N–H and O–H groups in total. The van der Waals surface area contributed by atoms with Gasteiger partial charge in [-0.15, -0.1) is 0 Å². The number of pyridine rings is 1. The van der Waals surface area contributed by atoms with Gasteiger partial charge in [0.2, 0.25) is 5.91 Å². The Morgan fingerprint density at radius 3 is 2.36 bits per heavy atom. The largest absolute Gasteiger partial charge is 0.444 e. The molecule has 3 aliphatic heterocycles. The number of nitrogens with zero attached hydrogens (tertiary/aromatic N) is 5. The highest BCUT2D eigenvalue weighted by atomic mass is 19.4. The molecule has 0 aromatic carbocycles. The van der Waals surface area contributed by atoms with Crippen molar-refractivity contribution < 1.29 is 36.7 Å². The molecule has 42 heavy (non-hydrogen) atoms. The zero-order valence-corrected chi connectivity index (χ0v) is 24.0. The van der Waals surface area contributed by atoms with Gasteiger partial charge in [-0.3, -0.25) is 15.0 Å². The van der Waals surface area contributed by atoms with Gasteiger partial charge in [0.15, 0.2) is 0 Å². The van der Waals surface area contributed by atoms with Crippen molar-refractivity contribution in [2.45, 2.75) is 76.4 Å². The van der Waals surface area contributed by atoms with Crippen molar-refractivity contribution in [2.75, 3.05) is 44.2 Å². The lowest BCUT2D eigenvalue weighted by Crippen LogP contribution is -2.51. The summed E-state index contributed by atoms with van der Waals surface area (Å²) in [4.78, 5) is 45.1. The fraction of sp³-hybridized carbons (Fsp3) is 0.643. The number of hydrogen-bond acceptors (Lipinski definition) is 6. The van der Waals surface area contributed by atoms with Gasteiger partial charge >= 0.3 is 18.3 Å². The van der Waals surface area contributed by atoms with E-state index in [0.29, 0.717) is 25.9 Å². The van der Waals surface area contributed by atoms with E-state index in [0.717, 1.165) is 6.20 Å². The van der Waals surface area contributed by atoms with E-state index in [9.17, 15) is 27.6 Å². The Bertz CT molecular complexity index is 1350. The second-order valence-corrected chi connectivity index (χ2v) is 12.4. The van der Waals surface area contributed by atoms with E-state index >= 15 is 4.39 Å². The Morgan fingerprint density at radius 1 is 1.10 bits per heavy atom. The molecule has 0 bridgehead atoms. The van der Waals surface area contributed by atoms with Gasteiger partial charge in [0.05, 0.1) is 17.4 Å². The molecule has 0 aliphatic carbocycles. The number of ether oxygens (including phenoxy) is 1. The molecule has 0 saturated carbocycles. The lowest BCUT2D eigenvalue weighted by atomic mass is 9.91. The Balaban J connectivity index is 1.25. The van der Waals surface area contributed by atoms with Crippen LogP contribution < -0.4 is 10.2 Å². The van der Waals surface area contributed by atoms with Gasteiger partial charge in [-0.25, -0.2) is 19.0 Å². The van der Waals surface area contributed by atoms with Crippen molar-refractivity contribution >= 4 is 34.8 Å². The smallest absolute Gasteiger partial charge is 0.418 e. The van der Waals surface area contributed by atoms with E-state index in [1.54, 1.807) is 25.3 Å². The molecule has 2 aromatic rings. The summed E-state index contributed by atoms with van der Waals surface area (Å²) in [6.45, 7) is 7.14. The van der Waals surface area contributed by atoms with Gasteiger partial charge in [-0.1, -0.05) is 0 Å². The van der Waals surface area contributed by atoms with Crippen LogP contribution in [0, 0.1) is 0 Å². The highest BCUT2D eigenvalue weighted by Crippen LogP contribution is 2.40. The molecule has 3 aliphatic rings. The average molecular weight is 597 g/mol. The molecule has 0 atom stereocenters. The first-order chi connectivity index (χ1) is 19.6. The minimum absolute atomic E-state index is 0.0393. The van der Waals surface area contributed by atoms with Crippen molar-refractivity contribution in [3.05, 3.63) is 24.0 Å². The number of hydrogen-bond donors (Lipinski definition) is 1. The molecule has 0 spiro atoms. The van der Waals surface area contributed by atoms with Crippen LogP contribution in [0.2, 0.25) is 0 Å². The first kappa shape index (κ1) is 30.1. The molecule has 0 radical (unpaired) electrons. The molecule has 3 fully saturated rings. The third kappa shape index (κ3) is 6.47. The Morgan fingerprint density at radius 2 is 1.76 bits per heavy atom. The SMILES string of the molecule is CC(C)(C)OC(=O)N1CCC(F)(CN2CCC(n3cc(C(F)(F)F)c4cc(N5CCC(=O)NC5=O)cnc43)CC2)CC1. The fourth-order valence-corrected chi connectivity index (χ4v) is 5.91. The molecule has 4 amide bonds. The number of fused-ring (bicyclic) bond motifs is 1. The number of carbonyl (C=O) groups is 3. The standard InChI is InChI=1S/C28H36F4N6O4/c1-26(2,3)42-25(41)36-12-7-27(29,8-13-36)17-35-9-4-18(5-10-35)38-16-21(28(30,31)32)20-14-19(15-33-23(20)38)37-11-6-22(39)34-24(37)40/h14-16,18H,4-13,17H2,1-3H3,(H,34,39,40). The van der Waals surface area contributed by atoms with Crippen LogP contribution in [0.3, 0.4) is 0 Å². The Labute approximate surface area is 240 Å². The van der Waals surface area contributed by atoms with Crippen molar-refractivity contribution in [3.8, 4) is 0 Å². The first-order valence-corrected chi connectivity index (χ1v) is 14.2. The number of halogens is 4. The van der Waals surface area contributed by atoms with Crippen molar-refractivity contribution in [2.24, 2.45) is 0 Å². The van der Waals surface area contributed by atoms with Crippen LogP contribution in [0.15, 0.2) is 18.5 Å². The molecular weight excluding hydrogens is 560 g/mol.